The van der Waals surface area contributed by atoms with Crippen LogP contribution in [0.25, 0.3) is 0 Å². The van der Waals surface area contributed by atoms with E-state index in [-0.39, 0.29) is 0 Å². The first kappa shape index (κ1) is 11.2. The molecule has 2 aromatic heterocycles. The normalized spacial score (nSPS) is 15.3. The number of hydrogen-bond donors (Lipinski definition) is 1. The molecule has 0 saturated carbocycles. The minimum absolute atomic E-state index is 0.358. The van der Waals surface area contributed by atoms with E-state index in [0.717, 1.165) is 18.8 Å². The SMILES string of the molecule is Clc1cnccc1N1CC(Nc2ncccn2)C1. The molecule has 1 saturated heterocycles. The van der Waals surface area contributed by atoms with Crippen LogP contribution >= 0.6 is 11.6 Å². The summed E-state index contributed by atoms with van der Waals surface area (Å²) in [7, 11) is 0. The zero-order valence-electron chi connectivity index (χ0n) is 9.62. The van der Waals surface area contributed by atoms with Gasteiger partial charge in [-0.3, -0.25) is 4.98 Å². The van der Waals surface area contributed by atoms with E-state index in [1.807, 2.05) is 6.07 Å². The summed E-state index contributed by atoms with van der Waals surface area (Å²) < 4.78 is 0. The van der Waals surface area contributed by atoms with Gasteiger partial charge in [0, 0.05) is 37.9 Å². The molecule has 3 heterocycles. The Morgan fingerprint density at radius 1 is 1.22 bits per heavy atom. The van der Waals surface area contributed by atoms with Crippen LogP contribution in [0.5, 0.6) is 0 Å². The Morgan fingerprint density at radius 3 is 2.72 bits per heavy atom. The van der Waals surface area contributed by atoms with Crippen LogP contribution in [0.15, 0.2) is 36.9 Å². The highest BCUT2D eigenvalue weighted by molar-refractivity contribution is 6.33. The molecular weight excluding hydrogens is 250 g/mol. The zero-order valence-corrected chi connectivity index (χ0v) is 10.4. The predicted molar refractivity (Wildman–Crippen MR) is 70.9 cm³/mol. The Morgan fingerprint density at radius 2 is 2.00 bits per heavy atom. The Balaban J connectivity index is 1.59. The smallest absolute Gasteiger partial charge is 0.222 e. The Labute approximate surface area is 110 Å². The molecule has 0 aromatic carbocycles. The summed E-state index contributed by atoms with van der Waals surface area (Å²) in [5, 5.41) is 3.96. The minimum atomic E-state index is 0.358. The number of anilines is 2. The van der Waals surface area contributed by atoms with Crippen molar-refractivity contribution in [2.24, 2.45) is 0 Å². The van der Waals surface area contributed by atoms with E-state index in [4.69, 9.17) is 11.6 Å². The third kappa shape index (κ3) is 2.22. The van der Waals surface area contributed by atoms with Crippen molar-refractivity contribution >= 4 is 23.2 Å². The maximum atomic E-state index is 6.09. The highest BCUT2D eigenvalue weighted by atomic mass is 35.5. The summed E-state index contributed by atoms with van der Waals surface area (Å²) in [5.41, 5.74) is 1.03. The van der Waals surface area contributed by atoms with Crippen LogP contribution in [0.3, 0.4) is 0 Å². The van der Waals surface area contributed by atoms with E-state index >= 15 is 0 Å². The van der Waals surface area contributed by atoms with E-state index < -0.39 is 0 Å². The van der Waals surface area contributed by atoms with Gasteiger partial charge in [0.05, 0.1) is 16.8 Å². The zero-order chi connectivity index (χ0) is 12.4. The molecule has 1 N–H and O–H groups in total. The average molecular weight is 262 g/mol. The maximum Gasteiger partial charge on any atom is 0.222 e. The molecule has 0 aliphatic carbocycles. The molecule has 0 radical (unpaired) electrons. The summed E-state index contributed by atoms with van der Waals surface area (Å²) >= 11 is 6.09. The summed E-state index contributed by atoms with van der Waals surface area (Å²) in [6.07, 6.45) is 6.87. The van der Waals surface area contributed by atoms with Crippen molar-refractivity contribution in [3.05, 3.63) is 41.9 Å². The fourth-order valence-electron chi connectivity index (χ4n) is 1.95. The molecule has 5 nitrogen and oxygen atoms in total. The molecule has 1 aliphatic rings. The summed E-state index contributed by atoms with van der Waals surface area (Å²) in [6.45, 7) is 1.78. The van der Waals surface area contributed by atoms with Gasteiger partial charge in [-0.25, -0.2) is 9.97 Å². The molecule has 0 atom stereocenters. The highest BCUT2D eigenvalue weighted by Crippen LogP contribution is 2.28. The molecule has 0 bridgehead atoms. The number of nitrogens with zero attached hydrogens (tertiary/aromatic N) is 4. The van der Waals surface area contributed by atoms with Gasteiger partial charge < -0.3 is 10.2 Å². The van der Waals surface area contributed by atoms with Gasteiger partial charge in [0.15, 0.2) is 0 Å². The van der Waals surface area contributed by atoms with Crippen molar-refractivity contribution < 1.29 is 0 Å². The van der Waals surface area contributed by atoms with E-state index in [0.29, 0.717) is 17.0 Å². The van der Waals surface area contributed by atoms with Gasteiger partial charge in [0.1, 0.15) is 0 Å². The van der Waals surface area contributed by atoms with Gasteiger partial charge in [0.2, 0.25) is 5.95 Å². The number of nitrogens with one attached hydrogen (secondary N) is 1. The van der Waals surface area contributed by atoms with Crippen molar-refractivity contribution in [3.63, 3.8) is 0 Å². The molecule has 92 valence electrons. The van der Waals surface area contributed by atoms with E-state index in [2.05, 4.69) is 25.2 Å². The van der Waals surface area contributed by atoms with Gasteiger partial charge >= 0.3 is 0 Å². The van der Waals surface area contributed by atoms with Crippen LogP contribution in [0.2, 0.25) is 5.02 Å². The molecule has 1 fully saturated rings. The van der Waals surface area contributed by atoms with Crippen LogP contribution in [0.4, 0.5) is 11.6 Å². The summed E-state index contributed by atoms with van der Waals surface area (Å²) in [5.74, 6) is 0.669. The summed E-state index contributed by atoms with van der Waals surface area (Å²) in [4.78, 5) is 14.5. The van der Waals surface area contributed by atoms with Gasteiger partial charge in [0.25, 0.3) is 0 Å². The first-order chi connectivity index (χ1) is 8.83. The Hall–Kier alpha value is -1.88. The minimum Gasteiger partial charge on any atom is -0.366 e. The lowest BCUT2D eigenvalue weighted by Crippen LogP contribution is -2.55. The second kappa shape index (κ2) is 4.78. The standard InChI is InChI=1S/C12H12ClN5/c13-10-6-14-5-2-11(10)18-7-9(8-18)17-12-15-3-1-4-16-12/h1-6,9H,7-8H2,(H,15,16,17). The van der Waals surface area contributed by atoms with E-state index in [9.17, 15) is 0 Å². The Bertz CT molecular complexity index is 527. The molecule has 0 spiro atoms. The Kier molecular flexibility index (Phi) is 2.98. The third-order valence-corrected chi connectivity index (χ3v) is 3.16. The van der Waals surface area contributed by atoms with Crippen LogP contribution in [0.1, 0.15) is 0 Å². The van der Waals surface area contributed by atoms with Gasteiger partial charge in [-0.05, 0) is 12.1 Å². The maximum absolute atomic E-state index is 6.09. The number of aromatic nitrogens is 3. The molecule has 2 aromatic rings. The number of pyridine rings is 1. The fourth-order valence-corrected chi connectivity index (χ4v) is 2.19. The summed E-state index contributed by atoms with van der Waals surface area (Å²) in [6, 6.07) is 4.09. The lowest BCUT2D eigenvalue weighted by atomic mass is 10.1. The molecule has 1 aliphatic heterocycles. The number of hydrogen-bond acceptors (Lipinski definition) is 5. The van der Waals surface area contributed by atoms with Crippen molar-refractivity contribution in [2.45, 2.75) is 6.04 Å². The second-order valence-electron chi connectivity index (χ2n) is 4.15. The quantitative estimate of drug-likeness (QED) is 0.914. The molecule has 0 unspecified atom stereocenters. The van der Waals surface area contributed by atoms with Crippen molar-refractivity contribution in [2.75, 3.05) is 23.3 Å². The van der Waals surface area contributed by atoms with Crippen LogP contribution in [-0.2, 0) is 0 Å². The highest BCUT2D eigenvalue weighted by Gasteiger charge is 2.28. The monoisotopic (exact) mass is 261 g/mol. The first-order valence-electron chi connectivity index (χ1n) is 5.71. The van der Waals surface area contributed by atoms with Crippen molar-refractivity contribution in [3.8, 4) is 0 Å². The van der Waals surface area contributed by atoms with Gasteiger partial charge in [-0.15, -0.1) is 0 Å². The molecular formula is C12H12ClN5. The molecule has 18 heavy (non-hydrogen) atoms. The fraction of sp³-hybridized carbons (Fsp3) is 0.250. The predicted octanol–water partition coefficient (Wildman–Crippen LogP) is 1.83. The van der Waals surface area contributed by atoms with E-state index in [1.54, 1.807) is 30.9 Å². The first-order valence-corrected chi connectivity index (χ1v) is 6.09. The topological polar surface area (TPSA) is 53.9 Å². The lowest BCUT2D eigenvalue weighted by Gasteiger charge is -2.41. The molecule has 0 amide bonds. The van der Waals surface area contributed by atoms with Crippen molar-refractivity contribution in [1.82, 2.24) is 15.0 Å². The van der Waals surface area contributed by atoms with Gasteiger partial charge in [-0.2, -0.15) is 0 Å². The third-order valence-electron chi connectivity index (χ3n) is 2.87. The van der Waals surface area contributed by atoms with Crippen LogP contribution in [-0.4, -0.2) is 34.1 Å². The largest absolute Gasteiger partial charge is 0.366 e. The lowest BCUT2D eigenvalue weighted by molar-refractivity contribution is 0.547. The van der Waals surface area contributed by atoms with Crippen LogP contribution < -0.4 is 10.2 Å². The number of rotatable bonds is 3. The number of halogens is 1. The van der Waals surface area contributed by atoms with Crippen molar-refractivity contribution in [1.29, 1.82) is 0 Å². The van der Waals surface area contributed by atoms with E-state index in [1.165, 1.54) is 0 Å². The molecule has 6 heteroatoms. The average Bonchev–Trinajstić information content (AvgIpc) is 2.36. The molecule has 3 rings (SSSR count). The van der Waals surface area contributed by atoms with Gasteiger partial charge in [-0.1, -0.05) is 11.6 Å². The second-order valence-corrected chi connectivity index (χ2v) is 4.55. The van der Waals surface area contributed by atoms with Crippen LogP contribution in [0, 0.1) is 0 Å².